The molecule has 0 unspecified atom stereocenters. The second-order valence-electron chi connectivity index (χ2n) is 7.03. The summed E-state index contributed by atoms with van der Waals surface area (Å²) in [7, 11) is 0. The monoisotopic (exact) mass is 365 g/mol. The number of halogens is 2. The van der Waals surface area contributed by atoms with Crippen molar-refractivity contribution in [1.82, 2.24) is 15.2 Å². The van der Waals surface area contributed by atoms with E-state index in [1.54, 1.807) is 18.4 Å². The minimum atomic E-state index is -0.245. The molecule has 25 heavy (non-hydrogen) atoms. The highest BCUT2D eigenvalue weighted by molar-refractivity contribution is 5.85. The second kappa shape index (κ2) is 7.85. The number of benzene rings is 1. The van der Waals surface area contributed by atoms with Crippen molar-refractivity contribution in [1.29, 1.82) is 0 Å². The van der Waals surface area contributed by atoms with Gasteiger partial charge in [-0.3, -0.25) is 4.90 Å². The Morgan fingerprint density at radius 3 is 2.68 bits per heavy atom. The van der Waals surface area contributed by atoms with Crippen molar-refractivity contribution < 1.29 is 8.81 Å². The standard InChI is InChI=1S/C19H24FN3O.ClH/c20-16-6-4-15(5-7-16)18-22-17(13-24-18)12-23-11-10-21-14-19(23)8-2-1-3-9-19;/h4-7,13,21H,1-3,8-12,14H2;1H. The van der Waals surface area contributed by atoms with Gasteiger partial charge < -0.3 is 9.73 Å². The van der Waals surface area contributed by atoms with Crippen LogP contribution in [0.4, 0.5) is 4.39 Å². The summed E-state index contributed by atoms with van der Waals surface area (Å²) in [5, 5.41) is 3.58. The van der Waals surface area contributed by atoms with Crippen molar-refractivity contribution >= 4 is 12.4 Å². The number of aromatic nitrogens is 1. The summed E-state index contributed by atoms with van der Waals surface area (Å²) in [4.78, 5) is 7.22. The number of piperazine rings is 1. The highest BCUT2D eigenvalue weighted by atomic mass is 35.5. The van der Waals surface area contributed by atoms with Gasteiger partial charge in [0.25, 0.3) is 0 Å². The topological polar surface area (TPSA) is 41.3 Å². The molecule has 1 saturated carbocycles. The lowest BCUT2D eigenvalue weighted by atomic mass is 9.79. The van der Waals surface area contributed by atoms with Gasteiger partial charge in [0, 0.05) is 37.3 Å². The van der Waals surface area contributed by atoms with Crippen LogP contribution in [0, 0.1) is 5.82 Å². The Morgan fingerprint density at radius 1 is 1.16 bits per heavy atom. The summed E-state index contributed by atoms with van der Waals surface area (Å²) in [6.45, 7) is 3.99. The van der Waals surface area contributed by atoms with Crippen molar-refractivity contribution in [2.24, 2.45) is 0 Å². The Bertz CT molecular complexity index is 674. The molecule has 6 heteroatoms. The van der Waals surface area contributed by atoms with Crippen LogP contribution in [0.3, 0.4) is 0 Å². The molecule has 136 valence electrons. The van der Waals surface area contributed by atoms with E-state index in [0.717, 1.165) is 37.4 Å². The van der Waals surface area contributed by atoms with Crippen molar-refractivity contribution in [3.63, 3.8) is 0 Å². The molecule has 0 bridgehead atoms. The Balaban J connectivity index is 0.00000182. The van der Waals surface area contributed by atoms with Gasteiger partial charge in [0.1, 0.15) is 12.1 Å². The molecule has 0 atom stereocenters. The van der Waals surface area contributed by atoms with E-state index < -0.39 is 0 Å². The van der Waals surface area contributed by atoms with Crippen LogP contribution in [-0.2, 0) is 6.54 Å². The summed E-state index contributed by atoms with van der Waals surface area (Å²) in [6, 6.07) is 6.29. The molecule has 1 spiro atoms. The van der Waals surface area contributed by atoms with Gasteiger partial charge in [-0.15, -0.1) is 12.4 Å². The fraction of sp³-hybridized carbons (Fsp3) is 0.526. The van der Waals surface area contributed by atoms with Gasteiger partial charge in [0.15, 0.2) is 0 Å². The molecule has 1 aliphatic heterocycles. The number of hydrogen-bond donors (Lipinski definition) is 1. The predicted molar refractivity (Wildman–Crippen MR) is 98.2 cm³/mol. The Labute approximate surface area is 154 Å². The van der Waals surface area contributed by atoms with E-state index in [1.807, 2.05) is 0 Å². The molecule has 2 aliphatic rings. The average Bonchev–Trinajstić information content (AvgIpc) is 3.07. The molecule has 1 aromatic heterocycles. The molecule has 1 aromatic carbocycles. The number of hydrogen-bond acceptors (Lipinski definition) is 4. The molecule has 2 heterocycles. The summed E-state index contributed by atoms with van der Waals surface area (Å²) in [6.07, 6.45) is 8.27. The summed E-state index contributed by atoms with van der Waals surface area (Å²) in [5.41, 5.74) is 2.06. The first-order valence-corrected chi connectivity index (χ1v) is 8.91. The number of rotatable bonds is 3. The highest BCUT2D eigenvalue weighted by Gasteiger charge is 2.39. The minimum absolute atomic E-state index is 0. The lowest BCUT2D eigenvalue weighted by Gasteiger charge is -2.49. The van der Waals surface area contributed by atoms with Gasteiger partial charge in [-0.25, -0.2) is 9.37 Å². The maximum absolute atomic E-state index is 13.1. The smallest absolute Gasteiger partial charge is 0.226 e. The van der Waals surface area contributed by atoms with E-state index >= 15 is 0 Å². The maximum atomic E-state index is 13.1. The third-order valence-electron chi connectivity index (χ3n) is 5.46. The molecule has 2 aromatic rings. The average molecular weight is 366 g/mol. The summed E-state index contributed by atoms with van der Waals surface area (Å²) < 4.78 is 18.7. The van der Waals surface area contributed by atoms with Crippen LogP contribution < -0.4 is 5.32 Å². The SMILES string of the molecule is Cl.Fc1ccc(-c2nc(CN3CCNCC34CCCCC4)co2)cc1. The Hall–Kier alpha value is -1.43. The number of nitrogens with one attached hydrogen (secondary N) is 1. The molecular weight excluding hydrogens is 341 g/mol. The fourth-order valence-electron chi connectivity index (χ4n) is 4.13. The Morgan fingerprint density at radius 2 is 1.92 bits per heavy atom. The van der Waals surface area contributed by atoms with Crippen LogP contribution in [0.25, 0.3) is 11.5 Å². The van der Waals surface area contributed by atoms with Gasteiger partial charge in [-0.1, -0.05) is 19.3 Å². The molecule has 4 rings (SSSR count). The molecule has 1 N–H and O–H groups in total. The minimum Gasteiger partial charge on any atom is -0.444 e. The van der Waals surface area contributed by atoms with Crippen LogP contribution >= 0.6 is 12.4 Å². The molecule has 0 radical (unpaired) electrons. The van der Waals surface area contributed by atoms with E-state index in [4.69, 9.17) is 4.42 Å². The molecule has 4 nitrogen and oxygen atoms in total. The van der Waals surface area contributed by atoms with Crippen LogP contribution in [0.2, 0.25) is 0 Å². The zero-order chi connectivity index (χ0) is 16.4. The van der Waals surface area contributed by atoms with Crippen molar-refractivity contribution in [2.45, 2.75) is 44.2 Å². The normalized spacial score (nSPS) is 20.4. The van der Waals surface area contributed by atoms with Gasteiger partial charge in [0.05, 0.1) is 5.69 Å². The first kappa shape index (κ1) is 18.4. The lowest BCUT2D eigenvalue weighted by Crippen LogP contribution is -2.61. The largest absolute Gasteiger partial charge is 0.444 e. The Kier molecular flexibility index (Phi) is 5.77. The lowest BCUT2D eigenvalue weighted by molar-refractivity contribution is 0.0199. The molecule has 1 aliphatic carbocycles. The summed E-state index contributed by atoms with van der Waals surface area (Å²) >= 11 is 0. The predicted octanol–water partition coefficient (Wildman–Crippen LogP) is 4.01. The number of oxazole rings is 1. The molecule has 1 saturated heterocycles. The van der Waals surface area contributed by atoms with Gasteiger partial charge >= 0.3 is 0 Å². The first-order valence-electron chi connectivity index (χ1n) is 8.91. The van der Waals surface area contributed by atoms with Crippen molar-refractivity contribution in [2.75, 3.05) is 19.6 Å². The highest BCUT2D eigenvalue weighted by Crippen LogP contribution is 2.35. The van der Waals surface area contributed by atoms with Crippen LogP contribution in [0.5, 0.6) is 0 Å². The van der Waals surface area contributed by atoms with E-state index in [0.29, 0.717) is 5.89 Å². The zero-order valence-corrected chi connectivity index (χ0v) is 15.2. The van der Waals surface area contributed by atoms with E-state index in [1.165, 1.54) is 44.2 Å². The van der Waals surface area contributed by atoms with Crippen LogP contribution in [0.1, 0.15) is 37.8 Å². The fourth-order valence-corrected chi connectivity index (χ4v) is 4.13. The molecular formula is C19H25ClFN3O. The van der Waals surface area contributed by atoms with Gasteiger partial charge in [0.2, 0.25) is 5.89 Å². The first-order chi connectivity index (χ1) is 11.8. The number of nitrogens with zero attached hydrogens (tertiary/aromatic N) is 2. The quantitative estimate of drug-likeness (QED) is 0.892. The van der Waals surface area contributed by atoms with E-state index in [-0.39, 0.29) is 23.8 Å². The van der Waals surface area contributed by atoms with Crippen LogP contribution in [0.15, 0.2) is 34.9 Å². The van der Waals surface area contributed by atoms with Crippen molar-refractivity contribution in [3.05, 3.63) is 42.0 Å². The molecule has 0 amide bonds. The second-order valence-corrected chi connectivity index (χ2v) is 7.03. The van der Waals surface area contributed by atoms with Crippen LogP contribution in [-0.4, -0.2) is 35.1 Å². The zero-order valence-electron chi connectivity index (χ0n) is 14.3. The third-order valence-corrected chi connectivity index (χ3v) is 5.46. The van der Waals surface area contributed by atoms with Crippen molar-refractivity contribution in [3.8, 4) is 11.5 Å². The van der Waals surface area contributed by atoms with E-state index in [9.17, 15) is 4.39 Å². The third kappa shape index (κ3) is 3.89. The summed E-state index contributed by atoms with van der Waals surface area (Å²) in [5.74, 6) is 0.323. The molecule has 2 fully saturated rings. The maximum Gasteiger partial charge on any atom is 0.226 e. The van der Waals surface area contributed by atoms with Gasteiger partial charge in [-0.2, -0.15) is 0 Å². The van der Waals surface area contributed by atoms with E-state index in [2.05, 4.69) is 15.2 Å². The van der Waals surface area contributed by atoms with Gasteiger partial charge in [-0.05, 0) is 37.1 Å².